The van der Waals surface area contributed by atoms with Gasteiger partial charge in [0.15, 0.2) is 0 Å². The molecule has 2 aromatic rings. The number of imide groups is 1. The molecule has 5 nitrogen and oxygen atoms in total. The smallest absolute Gasteiger partial charge is 0.282 e. The molecular formula is C21H23N3O2S. The maximum Gasteiger partial charge on any atom is 0.282 e. The van der Waals surface area contributed by atoms with E-state index in [0.717, 1.165) is 42.2 Å². The van der Waals surface area contributed by atoms with Crippen LogP contribution < -0.4 is 4.90 Å². The number of aryl methyl sites for hydroxylation is 2. The molecule has 3 heterocycles. The van der Waals surface area contributed by atoms with Gasteiger partial charge in [0.05, 0.1) is 11.3 Å². The van der Waals surface area contributed by atoms with Gasteiger partial charge in [-0.05, 0) is 55.6 Å². The highest BCUT2D eigenvalue weighted by molar-refractivity contribution is 7.11. The SMILES string of the molecule is Cc1cc(C)cc(N2C(=O)C(c3cccs3)=C(N3CCN(C)CC3)C2=O)c1. The lowest BCUT2D eigenvalue weighted by atomic mass is 10.1. The average molecular weight is 382 g/mol. The molecule has 1 aromatic carbocycles. The molecule has 2 amide bonds. The number of piperazine rings is 1. The highest BCUT2D eigenvalue weighted by Gasteiger charge is 2.43. The van der Waals surface area contributed by atoms with Crippen LogP contribution in [0.4, 0.5) is 5.69 Å². The number of nitrogens with zero attached hydrogens (tertiary/aromatic N) is 3. The summed E-state index contributed by atoms with van der Waals surface area (Å²) in [5.74, 6) is -0.431. The number of rotatable bonds is 3. The molecule has 1 saturated heterocycles. The van der Waals surface area contributed by atoms with Gasteiger partial charge in [0.2, 0.25) is 0 Å². The number of amides is 2. The van der Waals surface area contributed by atoms with Crippen molar-refractivity contribution in [1.82, 2.24) is 9.80 Å². The van der Waals surface area contributed by atoms with E-state index < -0.39 is 0 Å². The van der Waals surface area contributed by atoms with Crippen LogP contribution in [0.25, 0.3) is 5.57 Å². The summed E-state index contributed by atoms with van der Waals surface area (Å²) in [5, 5.41) is 1.95. The molecule has 0 spiro atoms. The monoisotopic (exact) mass is 381 g/mol. The van der Waals surface area contributed by atoms with Crippen molar-refractivity contribution in [2.45, 2.75) is 13.8 Å². The van der Waals surface area contributed by atoms with Crippen molar-refractivity contribution in [3.8, 4) is 0 Å². The van der Waals surface area contributed by atoms with E-state index in [1.807, 2.05) is 49.6 Å². The number of likely N-dealkylation sites (N-methyl/N-ethyl adjacent to an activating group) is 1. The fraction of sp³-hybridized carbons (Fsp3) is 0.333. The van der Waals surface area contributed by atoms with Crippen molar-refractivity contribution in [3.05, 3.63) is 57.4 Å². The Balaban J connectivity index is 1.80. The van der Waals surface area contributed by atoms with Gasteiger partial charge in [-0.25, -0.2) is 4.90 Å². The lowest BCUT2D eigenvalue weighted by molar-refractivity contribution is -0.120. The zero-order valence-corrected chi connectivity index (χ0v) is 16.7. The van der Waals surface area contributed by atoms with Crippen LogP contribution >= 0.6 is 11.3 Å². The number of carbonyl (C=O) groups is 2. The van der Waals surface area contributed by atoms with E-state index in [4.69, 9.17) is 0 Å². The molecule has 27 heavy (non-hydrogen) atoms. The van der Waals surface area contributed by atoms with Gasteiger partial charge in [0, 0.05) is 31.1 Å². The second kappa shape index (κ2) is 6.94. The fourth-order valence-corrected chi connectivity index (χ4v) is 4.56. The number of thiophene rings is 1. The molecule has 6 heteroatoms. The molecule has 2 aliphatic rings. The molecule has 0 radical (unpaired) electrons. The van der Waals surface area contributed by atoms with Crippen LogP contribution in [-0.4, -0.2) is 54.8 Å². The van der Waals surface area contributed by atoms with Crippen molar-refractivity contribution >= 4 is 34.4 Å². The Bertz CT molecular complexity index is 905. The molecule has 0 N–H and O–H groups in total. The van der Waals surface area contributed by atoms with Gasteiger partial charge in [-0.1, -0.05) is 12.1 Å². The summed E-state index contributed by atoms with van der Waals surface area (Å²) >= 11 is 1.50. The molecule has 2 aliphatic heterocycles. The molecule has 0 unspecified atom stereocenters. The van der Waals surface area contributed by atoms with Gasteiger partial charge in [-0.15, -0.1) is 11.3 Å². The predicted molar refractivity (Wildman–Crippen MR) is 109 cm³/mol. The van der Waals surface area contributed by atoms with Gasteiger partial charge in [0.25, 0.3) is 11.8 Å². The number of benzene rings is 1. The van der Waals surface area contributed by atoms with Gasteiger partial charge < -0.3 is 9.80 Å². The van der Waals surface area contributed by atoms with Gasteiger partial charge >= 0.3 is 0 Å². The summed E-state index contributed by atoms with van der Waals surface area (Å²) in [7, 11) is 2.08. The standard InChI is InChI=1S/C21H23N3O2S/c1-14-11-15(2)13-16(12-14)24-20(25)18(17-5-4-10-27-17)19(21(24)26)23-8-6-22(3)7-9-23/h4-5,10-13H,6-9H2,1-3H3. The first kappa shape index (κ1) is 17.9. The van der Waals surface area contributed by atoms with Crippen LogP contribution in [0.1, 0.15) is 16.0 Å². The third-order valence-electron chi connectivity index (χ3n) is 5.11. The minimum absolute atomic E-state index is 0.210. The Morgan fingerprint density at radius 3 is 2.19 bits per heavy atom. The number of hydrogen-bond donors (Lipinski definition) is 0. The fourth-order valence-electron chi connectivity index (χ4n) is 3.80. The third kappa shape index (κ3) is 3.19. The normalized spacial score (nSPS) is 18.8. The van der Waals surface area contributed by atoms with E-state index >= 15 is 0 Å². The van der Waals surface area contributed by atoms with Gasteiger partial charge in [-0.3, -0.25) is 9.59 Å². The quantitative estimate of drug-likeness (QED) is 0.767. The molecule has 4 rings (SSSR count). The molecule has 1 fully saturated rings. The van der Waals surface area contributed by atoms with Crippen molar-refractivity contribution in [2.75, 3.05) is 38.1 Å². The van der Waals surface area contributed by atoms with E-state index in [2.05, 4.69) is 16.8 Å². The zero-order valence-electron chi connectivity index (χ0n) is 15.9. The number of anilines is 1. The van der Waals surface area contributed by atoms with Gasteiger partial charge in [-0.2, -0.15) is 0 Å². The van der Waals surface area contributed by atoms with Crippen LogP contribution in [0.3, 0.4) is 0 Å². The first-order chi connectivity index (χ1) is 13.0. The topological polar surface area (TPSA) is 43.9 Å². The van der Waals surface area contributed by atoms with E-state index in [9.17, 15) is 9.59 Å². The molecule has 0 saturated carbocycles. The van der Waals surface area contributed by atoms with Crippen LogP contribution in [-0.2, 0) is 9.59 Å². The van der Waals surface area contributed by atoms with E-state index in [-0.39, 0.29) is 11.8 Å². The minimum Gasteiger partial charge on any atom is -0.364 e. The summed E-state index contributed by atoms with van der Waals surface area (Å²) < 4.78 is 0. The largest absolute Gasteiger partial charge is 0.364 e. The maximum atomic E-state index is 13.4. The molecule has 0 aliphatic carbocycles. The Kier molecular flexibility index (Phi) is 4.61. The Hall–Kier alpha value is -2.44. The average Bonchev–Trinajstić information content (AvgIpc) is 3.21. The summed E-state index contributed by atoms with van der Waals surface area (Å²) in [4.78, 5) is 33.3. The minimum atomic E-state index is -0.221. The van der Waals surface area contributed by atoms with Gasteiger partial charge in [0.1, 0.15) is 5.70 Å². The predicted octanol–water partition coefficient (Wildman–Crippen LogP) is 2.90. The van der Waals surface area contributed by atoms with Crippen LogP contribution in [0.2, 0.25) is 0 Å². The molecular weight excluding hydrogens is 358 g/mol. The Morgan fingerprint density at radius 2 is 1.59 bits per heavy atom. The second-order valence-corrected chi connectivity index (χ2v) is 8.23. The van der Waals surface area contributed by atoms with Crippen molar-refractivity contribution in [1.29, 1.82) is 0 Å². The first-order valence-electron chi connectivity index (χ1n) is 9.14. The summed E-state index contributed by atoms with van der Waals surface area (Å²) in [5.41, 5.74) is 3.82. The van der Waals surface area contributed by atoms with E-state index in [0.29, 0.717) is 17.0 Å². The number of hydrogen-bond acceptors (Lipinski definition) is 5. The van der Waals surface area contributed by atoms with E-state index in [1.165, 1.54) is 16.2 Å². The first-order valence-corrected chi connectivity index (χ1v) is 10.0. The molecule has 140 valence electrons. The molecule has 0 bridgehead atoms. The maximum absolute atomic E-state index is 13.4. The van der Waals surface area contributed by atoms with Crippen molar-refractivity contribution in [2.24, 2.45) is 0 Å². The Morgan fingerprint density at radius 1 is 0.926 bits per heavy atom. The lowest BCUT2D eigenvalue weighted by Gasteiger charge is -2.34. The highest BCUT2D eigenvalue weighted by atomic mass is 32.1. The summed E-state index contributed by atoms with van der Waals surface area (Å²) in [6.45, 7) is 7.23. The van der Waals surface area contributed by atoms with Crippen LogP contribution in [0, 0.1) is 13.8 Å². The van der Waals surface area contributed by atoms with E-state index in [1.54, 1.807) is 0 Å². The molecule has 0 atom stereocenters. The van der Waals surface area contributed by atoms with Crippen molar-refractivity contribution in [3.63, 3.8) is 0 Å². The Labute approximate surface area is 163 Å². The zero-order chi connectivity index (χ0) is 19.1. The molecule has 1 aromatic heterocycles. The van der Waals surface area contributed by atoms with Crippen LogP contribution in [0.5, 0.6) is 0 Å². The second-order valence-electron chi connectivity index (χ2n) is 7.28. The van der Waals surface area contributed by atoms with Crippen LogP contribution in [0.15, 0.2) is 41.4 Å². The number of carbonyl (C=O) groups excluding carboxylic acids is 2. The van der Waals surface area contributed by atoms with Crippen molar-refractivity contribution < 1.29 is 9.59 Å². The third-order valence-corrected chi connectivity index (χ3v) is 6.00. The lowest BCUT2D eigenvalue weighted by Crippen LogP contribution is -2.46. The summed E-state index contributed by atoms with van der Waals surface area (Å²) in [6, 6.07) is 9.70. The highest BCUT2D eigenvalue weighted by Crippen LogP contribution is 2.37. The summed E-state index contributed by atoms with van der Waals surface area (Å²) in [6.07, 6.45) is 0.